The zero-order valence-corrected chi connectivity index (χ0v) is 6.81. The van der Waals surface area contributed by atoms with Crippen LogP contribution in [0.5, 0.6) is 0 Å². The summed E-state index contributed by atoms with van der Waals surface area (Å²) in [7, 11) is 1.65. The molecule has 0 spiro atoms. The first-order chi connectivity index (χ1) is 4.70. The van der Waals surface area contributed by atoms with E-state index >= 15 is 0 Å². The van der Waals surface area contributed by atoms with Crippen molar-refractivity contribution in [2.75, 3.05) is 13.7 Å². The van der Waals surface area contributed by atoms with Crippen molar-refractivity contribution in [2.24, 2.45) is 0 Å². The Kier molecular flexibility index (Phi) is 4.94. The van der Waals surface area contributed by atoms with Gasteiger partial charge in [-0.2, -0.15) is 0 Å². The molecule has 0 radical (unpaired) electrons. The number of rotatable bonds is 4. The van der Waals surface area contributed by atoms with Gasteiger partial charge in [0.2, 0.25) is 5.91 Å². The summed E-state index contributed by atoms with van der Waals surface area (Å²) in [5.41, 5.74) is 0. The monoisotopic (exact) mass is 145 g/mol. The van der Waals surface area contributed by atoms with Crippen LogP contribution in [-0.4, -0.2) is 25.7 Å². The average Bonchev–Trinajstić information content (AvgIpc) is 1.90. The zero-order valence-electron chi connectivity index (χ0n) is 6.81. The molecule has 0 aliphatic rings. The first-order valence-corrected chi connectivity index (χ1v) is 3.48. The number of carbonyl (C=O) groups excluding carboxylic acids is 1. The highest BCUT2D eigenvalue weighted by molar-refractivity contribution is 5.72. The van der Waals surface area contributed by atoms with E-state index in [0.29, 0.717) is 6.54 Å². The van der Waals surface area contributed by atoms with Crippen molar-refractivity contribution in [1.82, 2.24) is 5.32 Å². The van der Waals surface area contributed by atoms with E-state index < -0.39 is 0 Å². The van der Waals surface area contributed by atoms with Crippen molar-refractivity contribution in [3.8, 4) is 0 Å². The van der Waals surface area contributed by atoms with E-state index in [9.17, 15) is 4.79 Å². The molecule has 3 heteroatoms. The first-order valence-electron chi connectivity index (χ1n) is 3.48. The van der Waals surface area contributed by atoms with Crippen molar-refractivity contribution in [1.29, 1.82) is 0 Å². The minimum Gasteiger partial charge on any atom is -0.380 e. The standard InChI is InChI=1S/C7H15NO2/c1-4-7(10-3)5-8-6(2)9/h7H,4-5H2,1-3H3,(H,8,9). The predicted octanol–water partition coefficient (Wildman–Crippen LogP) is 0.548. The van der Waals surface area contributed by atoms with Gasteiger partial charge in [0, 0.05) is 20.6 Å². The Bertz CT molecular complexity index is 99.8. The van der Waals surface area contributed by atoms with Crippen LogP contribution in [-0.2, 0) is 9.53 Å². The van der Waals surface area contributed by atoms with Crippen LogP contribution in [0.4, 0.5) is 0 Å². The smallest absolute Gasteiger partial charge is 0.216 e. The number of hydrogen-bond acceptors (Lipinski definition) is 2. The maximum Gasteiger partial charge on any atom is 0.216 e. The second kappa shape index (κ2) is 5.23. The fraction of sp³-hybridized carbons (Fsp3) is 0.857. The van der Waals surface area contributed by atoms with Gasteiger partial charge in [0.05, 0.1) is 6.10 Å². The molecule has 0 heterocycles. The van der Waals surface area contributed by atoms with Crippen LogP contribution in [0.15, 0.2) is 0 Å². The van der Waals surface area contributed by atoms with Crippen LogP contribution in [0.3, 0.4) is 0 Å². The minimum atomic E-state index is -0.00417. The van der Waals surface area contributed by atoms with Gasteiger partial charge in [0.15, 0.2) is 0 Å². The van der Waals surface area contributed by atoms with Gasteiger partial charge in [0.1, 0.15) is 0 Å². The summed E-state index contributed by atoms with van der Waals surface area (Å²) < 4.78 is 5.04. The Balaban J connectivity index is 3.34. The van der Waals surface area contributed by atoms with Crippen LogP contribution in [0.2, 0.25) is 0 Å². The molecule has 0 aliphatic carbocycles. The molecule has 1 atom stereocenters. The summed E-state index contributed by atoms with van der Waals surface area (Å²) in [4.78, 5) is 10.4. The third-order valence-corrected chi connectivity index (χ3v) is 1.37. The van der Waals surface area contributed by atoms with Gasteiger partial charge >= 0.3 is 0 Å². The summed E-state index contributed by atoms with van der Waals surface area (Å²) in [6, 6.07) is 0. The molecule has 1 amide bonds. The molecule has 0 aromatic rings. The van der Waals surface area contributed by atoms with Crippen molar-refractivity contribution in [3.63, 3.8) is 0 Å². The van der Waals surface area contributed by atoms with Crippen LogP contribution in [0.25, 0.3) is 0 Å². The number of ether oxygens (including phenoxy) is 1. The van der Waals surface area contributed by atoms with Gasteiger partial charge in [-0.15, -0.1) is 0 Å². The SMILES string of the molecule is CCC(CNC(C)=O)OC. The highest BCUT2D eigenvalue weighted by Crippen LogP contribution is 1.92. The Labute approximate surface area is 61.8 Å². The molecule has 1 unspecified atom stereocenters. The first kappa shape index (κ1) is 9.43. The molecule has 0 rings (SSSR count). The highest BCUT2D eigenvalue weighted by atomic mass is 16.5. The van der Waals surface area contributed by atoms with Gasteiger partial charge in [-0.05, 0) is 6.42 Å². The fourth-order valence-electron chi connectivity index (χ4n) is 0.652. The van der Waals surface area contributed by atoms with Crippen molar-refractivity contribution in [2.45, 2.75) is 26.4 Å². The maximum atomic E-state index is 10.4. The predicted molar refractivity (Wildman–Crippen MR) is 39.8 cm³/mol. The molecule has 3 nitrogen and oxygen atoms in total. The van der Waals surface area contributed by atoms with E-state index in [-0.39, 0.29) is 12.0 Å². The second-order valence-electron chi connectivity index (χ2n) is 2.20. The molecule has 0 aromatic carbocycles. The molecule has 60 valence electrons. The molecular weight excluding hydrogens is 130 g/mol. The van der Waals surface area contributed by atoms with E-state index in [0.717, 1.165) is 6.42 Å². The van der Waals surface area contributed by atoms with E-state index in [2.05, 4.69) is 5.32 Å². The quantitative estimate of drug-likeness (QED) is 0.627. The topological polar surface area (TPSA) is 38.3 Å². The van der Waals surface area contributed by atoms with Crippen LogP contribution >= 0.6 is 0 Å². The van der Waals surface area contributed by atoms with Gasteiger partial charge in [0.25, 0.3) is 0 Å². The number of hydrogen-bond donors (Lipinski definition) is 1. The second-order valence-corrected chi connectivity index (χ2v) is 2.20. The van der Waals surface area contributed by atoms with Crippen LogP contribution in [0, 0.1) is 0 Å². The molecule has 0 aliphatic heterocycles. The largest absolute Gasteiger partial charge is 0.380 e. The van der Waals surface area contributed by atoms with Crippen molar-refractivity contribution in [3.05, 3.63) is 0 Å². The lowest BCUT2D eigenvalue weighted by molar-refractivity contribution is -0.119. The lowest BCUT2D eigenvalue weighted by Crippen LogP contribution is -2.30. The van der Waals surface area contributed by atoms with E-state index in [4.69, 9.17) is 4.74 Å². The molecule has 0 saturated carbocycles. The zero-order chi connectivity index (χ0) is 7.98. The molecule has 0 aromatic heterocycles. The van der Waals surface area contributed by atoms with Gasteiger partial charge in [-0.1, -0.05) is 6.92 Å². The van der Waals surface area contributed by atoms with E-state index in [1.807, 2.05) is 6.92 Å². The van der Waals surface area contributed by atoms with Gasteiger partial charge < -0.3 is 10.1 Å². The lowest BCUT2D eigenvalue weighted by atomic mass is 10.3. The fourth-order valence-corrected chi connectivity index (χ4v) is 0.652. The summed E-state index contributed by atoms with van der Waals surface area (Å²) >= 11 is 0. The Morgan fingerprint density at radius 2 is 2.30 bits per heavy atom. The molecule has 0 bridgehead atoms. The van der Waals surface area contributed by atoms with E-state index in [1.54, 1.807) is 7.11 Å². The highest BCUT2D eigenvalue weighted by Gasteiger charge is 2.02. The molecule has 0 fully saturated rings. The normalized spacial score (nSPS) is 12.7. The Morgan fingerprint density at radius 3 is 2.60 bits per heavy atom. The number of methoxy groups -OCH3 is 1. The average molecular weight is 145 g/mol. The summed E-state index contributed by atoms with van der Waals surface area (Å²) in [5, 5.41) is 2.68. The van der Waals surface area contributed by atoms with Crippen LogP contribution < -0.4 is 5.32 Å². The van der Waals surface area contributed by atoms with Crippen LogP contribution in [0.1, 0.15) is 20.3 Å². The third-order valence-electron chi connectivity index (χ3n) is 1.37. The summed E-state index contributed by atoms with van der Waals surface area (Å²) in [6.45, 7) is 4.14. The Morgan fingerprint density at radius 1 is 1.70 bits per heavy atom. The molecule has 1 N–H and O–H groups in total. The number of amides is 1. The van der Waals surface area contributed by atoms with Gasteiger partial charge in [-0.25, -0.2) is 0 Å². The Hall–Kier alpha value is -0.570. The molecular formula is C7H15NO2. The third kappa shape index (κ3) is 4.32. The maximum absolute atomic E-state index is 10.4. The molecule has 0 saturated heterocycles. The summed E-state index contributed by atoms with van der Waals surface area (Å²) in [6.07, 6.45) is 1.08. The van der Waals surface area contributed by atoms with E-state index in [1.165, 1.54) is 6.92 Å². The lowest BCUT2D eigenvalue weighted by Gasteiger charge is -2.12. The molecule has 10 heavy (non-hydrogen) atoms. The number of carbonyl (C=O) groups is 1. The van der Waals surface area contributed by atoms with Gasteiger partial charge in [-0.3, -0.25) is 4.79 Å². The minimum absolute atomic E-state index is 0.00417. The van der Waals surface area contributed by atoms with Crippen molar-refractivity contribution < 1.29 is 9.53 Å². The van der Waals surface area contributed by atoms with Crippen molar-refractivity contribution >= 4 is 5.91 Å². The number of nitrogens with one attached hydrogen (secondary N) is 1. The summed E-state index contributed by atoms with van der Waals surface area (Å²) in [5.74, 6) is -0.00417.